The van der Waals surface area contributed by atoms with Crippen molar-refractivity contribution in [1.29, 1.82) is 0 Å². The van der Waals surface area contributed by atoms with Gasteiger partial charge in [-0.2, -0.15) is 5.10 Å². The summed E-state index contributed by atoms with van der Waals surface area (Å²) in [5.41, 5.74) is 3.99. The van der Waals surface area contributed by atoms with Crippen molar-refractivity contribution in [3.8, 4) is 5.75 Å². The molecule has 0 radical (unpaired) electrons. The van der Waals surface area contributed by atoms with Crippen molar-refractivity contribution >= 4 is 0 Å². The molecule has 0 amide bonds. The van der Waals surface area contributed by atoms with Gasteiger partial charge in [-0.25, -0.2) is 0 Å². The average Bonchev–Trinajstić information content (AvgIpc) is 2.89. The van der Waals surface area contributed by atoms with Crippen LogP contribution in [0.5, 0.6) is 5.75 Å². The van der Waals surface area contributed by atoms with E-state index < -0.39 is 0 Å². The molecule has 0 atom stereocenters. The second-order valence-electron chi connectivity index (χ2n) is 9.62. The summed E-state index contributed by atoms with van der Waals surface area (Å²) < 4.78 is 7.25. The van der Waals surface area contributed by atoms with Gasteiger partial charge in [0.2, 0.25) is 0 Å². The summed E-state index contributed by atoms with van der Waals surface area (Å²) >= 11 is 0. The van der Waals surface area contributed by atoms with Crippen LogP contribution < -0.4 is 10.1 Å². The standard InChI is InChI=1S/C23H36N4O/c1-17-19(15-26(6)24-17)16-27(14-18-8-10-21(28-7)11-9-18)20-12-22(2,3)25-23(4,5)13-20/h8-11,15,20,25H,12-14,16H2,1-7H3. The zero-order chi connectivity index (χ0) is 20.5. The average molecular weight is 385 g/mol. The first-order chi connectivity index (χ1) is 13.1. The van der Waals surface area contributed by atoms with Gasteiger partial charge in [0, 0.05) is 49.0 Å². The van der Waals surface area contributed by atoms with Gasteiger partial charge >= 0.3 is 0 Å². The molecule has 0 spiro atoms. The highest BCUT2D eigenvalue weighted by Crippen LogP contribution is 2.33. The van der Waals surface area contributed by atoms with Gasteiger partial charge in [0.25, 0.3) is 0 Å². The van der Waals surface area contributed by atoms with Crippen LogP contribution in [-0.4, -0.2) is 38.9 Å². The first-order valence-corrected chi connectivity index (χ1v) is 10.2. The Kier molecular flexibility index (Phi) is 5.87. The molecule has 1 N–H and O–H groups in total. The predicted molar refractivity (Wildman–Crippen MR) is 115 cm³/mol. The lowest BCUT2D eigenvalue weighted by molar-refractivity contribution is 0.0562. The fourth-order valence-electron chi connectivity index (χ4n) is 4.83. The summed E-state index contributed by atoms with van der Waals surface area (Å²) in [6, 6.07) is 8.98. The number of hydrogen-bond donors (Lipinski definition) is 1. The Morgan fingerprint density at radius 1 is 1.11 bits per heavy atom. The second kappa shape index (κ2) is 7.88. The lowest BCUT2D eigenvalue weighted by Crippen LogP contribution is -2.62. The van der Waals surface area contributed by atoms with Crippen molar-refractivity contribution in [2.45, 2.75) is 77.7 Å². The first-order valence-electron chi connectivity index (χ1n) is 10.2. The molecule has 1 aliphatic rings. The van der Waals surface area contributed by atoms with Gasteiger partial charge in [-0.05, 0) is 65.2 Å². The Bertz CT molecular complexity index is 775. The summed E-state index contributed by atoms with van der Waals surface area (Å²) in [5, 5.41) is 8.37. The van der Waals surface area contributed by atoms with Crippen LogP contribution >= 0.6 is 0 Å². The molecule has 1 fully saturated rings. The Morgan fingerprint density at radius 3 is 2.21 bits per heavy atom. The van der Waals surface area contributed by atoms with Crippen molar-refractivity contribution in [2.75, 3.05) is 7.11 Å². The Morgan fingerprint density at radius 2 is 1.71 bits per heavy atom. The molecule has 2 aromatic rings. The van der Waals surface area contributed by atoms with E-state index in [0.717, 1.165) is 37.4 Å². The van der Waals surface area contributed by atoms with Crippen LogP contribution in [0.2, 0.25) is 0 Å². The van der Waals surface area contributed by atoms with E-state index >= 15 is 0 Å². The van der Waals surface area contributed by atoms with Crippen molar-refractivity contribution in [3.05, 3.63) is 47.3 Å². The van der Waals surface area contributed by atoms with E-state index in [2.05, 4.69) is 80.4 Å². The van der Waals surface area contributed by atoms with Crippen LogP contribution in [0, 0.1) is 6.92 Å². The summed E-state index contributed by atoms with van der Waals surface area (Å²) in [6.45, 7) is 13.2. The third kappa shape index (κ3) is 5.15. The molecule has 5 nitrogen and oxygen atoms in total. The summed E-state index contributed by atoms with van der Waals surface area (Å²) in [5.74, 6) is 0.905. The summed E-state index contributed by atoms with van der Waals surface area (Å²) in [4.78, 5) is 2.64. The number of piperidine rings is 1. The predicted octanol–water partition coefficient (Wildman–Crippen LogP) is 4.05. The number of rotatable bonds is 6. The lowest BCUT2D eigenvalue weighted by atomic mass is 9.78. The summed E-state index contributed by atoms with van der Waals surface area (Å²) in [6.07, 6.45) is 4.42. The van der Waals surface area contributed by atoms with Crippen molar-refractivity contribution < 1.29 is 4.74 Å². The molecule has 1 aliphatic heterocycles. The quantitative estimate of drug-likeness (QED) is 0.816. The van der Waals surface area contributed by atoms with Crippen LogP contribution in [0.15, 0.2) is 30.5 Å². The molecule has 5 heteroatoms. The van der Waals surface area contributed by atoms with E-state index in [1.54, 1.807) is 7.11 Å². The van der Waals surface area contributed by atoms with Gasteiger partial charge in [-0.1, -0.05) is 12.1 Å². The second-order valence-corrected chi connectivity index (χ2v) is 9.62. The summed E-state index contributed by atoms with van der Waals surface area (Å²) in [7, 11) is 3.72. The van der Waals surface area contributed by atoms with Crippen LogP contribution in [-0.2, 0) is 20.1 Å². The van der Waals surface area contributed by atoms with E-state index in [-0.39, 0.29) is 11.1 Å². The SMILES string of the molecule is COc1ccc(CN(Cc2cn(C)nc2C)C2CC(C)(C)NC(C)(C)C2)cc1. The Hall–Kier alpha value is -1.85. The number of benzene rings is 1. The third-order valence-corrected chi connectivity index (χ3v) is 5.72. The minimum absolute atomic E-state index is 0.120. The third-order valence-electron chi connectivity index (χ3n) is 5.72. The number of aryl methyl sites for hydroxylation is 2. The van der Waals surface area contributed by atoms with Crippen LogP contribution in [0.3, 0.4) is 0 Å². The maximum Gasteiger partial charge on any atom is 0.118 e. The zero-order valence-electron chi connectivity index (χ0n) is 18.5. The van der Waals surface area contributed by atoms with Crippen molar-refractivity contribution in [3.63, 3.8) is 0 Å². The molecule has 1 aromatic carbocycles. The highest BCUT2D eigenvalue weighted by Gasteiger charge is 2.40. The number of methoxy groups -OCH3 is 1. The fraction of sp³-hybridized carbons (Fsp3) is 0.609. The van der Waals surface area contributed by atoms with Crippen molar-refractivity contribution in [1.82, 2.24) is 20.0 Å². The van der Waals surface area contributed by atoms with Gasteiger partial charge in [-0.3, -0.25) is 9.58 Å². The number of ether oxygens (including phenoxy) is 1. The van der Waals surface area contributed by atoms with E-state index in [9.17, 15) is 0 Å². The van der Waals surface area contributed by atoms with Crippen LogP contribution in [0.1, 0.15) is 57.4 Å². The maximum atomic E-state index is 5.33. The Balaban J connectivity index is 1.87. The van der Waals surface area contributed by atoms with Gasteiger partial charge in [0.15, 0.2) is 0 Å². The van der Waals surface area contributed by atoms with Crippen LogP contribution in [0.4, 0.5) is 0 Å². The molecule has 28 heavy (non-hydrogen) atoms. The molecular weight excluding hydrogens is 348 g/mol. The minimum Gasteiger partial charge on any atom is -0.497 e. The van der Waals surface area contributed by atoms with E-state index in [0.29, 0.717) is 6.04 Å². The zero-order valence-corrected chi connectivity index (χ0v) is 18.5. The molecule has 3 rings (SSSR count). The molecule has 0 saturated carbocycles. The molecule has 1 saturated heterocycles. The van der Waals surface area contributed by atoms with Crippen LogP contribution in [0.25, 0.3) is 0 Å². The van der Waals surface area contributed by atoms with Gasteiger partial charge < -0.3 is 10.1 Å². The largest absolute Gasteiger partial charge is 0.497 e. The van der Waals surface area contributed by atoms with Crippen molar-refractivity contribution in [2.24, 2.45) is 7.05 Å². The molecule has 2 heterocycles. The fourth-order valence-corrected chi connectivity index (χ4v) is 4.83. The number of nitrogens with zero attached hydrogens (tertiary/aromatic N) is 3. The first kappa shape index (κ1) is 20.9. The molecule has 0 bridgehead atoms. The smallest absolute Gasteiger partial charge is 0.118 e. The number of aromatic nitrogens is 2. The minimum atomic E-state index is 0.120. The number of nitrogens with one attached hydrogen (secondary N) is 1. The molecular formula is C23H36N4O. The van der Waals surface area contributed by atoms with E-state index in [4.69, 9.17) is 4.74 Å². The topological polar surface area (TPSA) is 42.3 Å². The molecule has 0 aliphatic carbocycles. The Labute approximate surface area is 170 Å². The highest BCUT2D eigenvalue weighted by molar-refractivity contribution is 5.27. The number of hydrogen-bond acceptors (Lipinski definition) is 4. The van der Waals surface area contributed by atoms with E-state index in [1.165, 1.54) is 11.1 Å². The monoisotopic (exact) mass is 384 g/mol. The molecule has 1 aromatic heterocycles. The van der Waals surface area contributed by atoms with Gasteiger partial charge in [-0.15, -0.1) is 0 Å². The molecule has 154 valence electrons. The normalized spacial score (nSPS) is 19.1. The highest BCUT2D eigenvalue weighted by atomic mass is 16.5. The molecule has 0 unspecified atom stereocenters. The maximum absolute atomic E-state index is 5.33. The van der Waals surface area contributed by atoms with Gasteiger partial charge in [0.05, 0.1) is 12.8 Å². The van der Waals surface area contributed by atoms with E-state index in [1.807, 2.05) is 11.7 Å². The van der Waals surface area contributed by atoms with Gasteiger partial charge in [0.1, 0.15) is 5.75 Å². The lowest BCUT2D eigenvalue weighted by Gasteiger charge is -2.49.